The highest BCUT2D eigenvalue weighted by atomic mass is 32.2. The minimum atomic E-state index is -3.90. The highest BCUT2D eigenvalue weighted by Crippen LogP contribution is 2.36. The molecule has 0 aliphatic heterocycles. The van der Waals surface area contributed by atoms with Crippen LogP contribution in [-0.4, -0.2) is 32.7 Å². The Bertz CT molecular complexity index is 936. The minimum absolute atomic E-state index is 0.0645. The van der Waals surface area contributed by atoms with Crippen molar-refractivity contribution in [2.24, 2.45) is 5.92 Å². The topological polar surface area (TPSA) is 99.1 Å². The smallest absolute Gasteiger partial charge is 0.311 e. The molecular weight excluding hydrogens is 396 g/mol. The summed E-state index contributed by atoms with van der Waals surface area (Å²) in [6.45, 7) is 5.41. The SMILES string of the molecule is Cc1cccc(S(=O)(=O)OCCOc2cccc(O)c2OC(=O)CCC(C)C)c1. The summed E-state index contributed by atoms with van der Waals surface area (Å²) in [5.41, 5.74) is 0.801. The molecule has 0 radical (unpaired) electrons. The van der Waals surface area contributed by atoms with Gasteiger partial charge in [-0.05, 0) is 49.1 Å². The van der Waals surface area contributed by atoms with Crippen molar-refractivity contribution in [3.63, 3.8) is 0 Å². The number of carbonyl (C=O) groups excluding carboxylic acids is 1. The first-order valence-corrected chi connectivity index (χ1v) is 10.7. The van der Waals surface area contributed by atoms with E-state index in [-0.39, 0.29) is 41.8 Å². The Balaban J connectivity index is 1.95. The number of phenolic OH excluding ortho intramolecular Hbond substituents is 1. The third-order valence-corrected chi connectivity index (χ3v) is 5.27. The largest absolute Gasteiger partial charge is 0.504 e. The van der Waals surface area contributed by atoms with Crippen molar-refractivity contribution in [3.05, 3.63) is 48.0 Å². The van der Waals surface area contributed by atoms with Gasteiger partial charge in [-0.1, -0.05) is 32.0 Å². The van der Waals surface area contributed by atoms with Crippen molar-refractivity contribution in [3.8, 4) is 17.2 Å². The second kappa shape index (κ2) is 10.3. The van der Waals surface area contributed by atoms with Gasteiger partial charge in [0.2, 0.25) is 5.75 Å². The van der Waals surface area contributed by atoms with Crippen LogP contribution in [0.1, 0.15) is 32.3 Å². The summed E-state index contributed by atoms with van der Waals surface area (Å²) >= 11 is 0. The van der Waals surface area contributed by atoms with Crippen molar-refractivity contribution in [1.82, 2.24) is 0 Å². The maximum absolute atomic E-state index is 12.2. The van der Waals surface area contributed by atoms with Gasteiger partial charge in [0.25, 0.3) is 10.1 Å². The van der Waals surface area contributed by atoms with Gasteiger partial charge >= 0.3 is 5.97 Å². The molecule has 0 heterocycles. The minimum Gasteiger partial charge on any atom is -0.504 e. The fourth-order valence-corrected chi connectivity index (χ4v) is 3.43. The van der Waals surface area contributed by atoms with Crippen LogP contribution in [0.4, 0.5) is 0 Å². The van der Waals surface area contributed by atoms with Crippen molar-refractivity contribution in [2.75, 3.05) is 13.2 Å². The number of phenols is 1. The number of rotatable bonds is 10. The van der Waals surface area contributed by atoms with Crippen LogP contribution in [0.3, 0.4) is 0 Å². The first-order valence-electron chi connectivity index (χ1n) is 9.30. The van der Waals surface area contributed by atoms with Gasteiger partial charge in [0.05, 0.1) is 4.90 Å². The second-order valence-corrected chi connectivity index (χ2v) is 8.57. The van der Waals surface area contributed by atoms with Gasteiger partial charge in [-0.25, -0.2) is 0 Å². The predicted octanol–water partition coefficient (Wildman–Crippen LogP) is 3.83. The van der Waals surface area contributed by atoms with Crippen LogP contribution in [0, 0.1) is 12.8 Å². The third-order valence-electron chi connectivity index (χ3n) is 3.96. The highest BCUT2D eigenvalue weighted by Gasteiger charge is 2.17. The lowest BCUT2D eigenvalue weighted by Crippen LogP contribution is -2.14. The summed E-state index contributed by atoms with van der Waals surface area (Å²) in [6, 6.07) is 10.8. The maximum Gasteiger partial charge on any atom is 0.311 e. The van der Waals surface area contributed by atoms with Crippen molar-refractivity contribution < 1.29 is 32.0 Å². The molecule has 0 bridgehead atoms. The quantitative estimate of drug-likeness (QED) is 0.269. The molecule has 0 spiro atoms. The van der Waals surface area contributed by atoms with E-state index < -0.39 is 16.1 Å². The number of benzene rings is 2. The third kappa shape index (κ3) is 7.07. The lowest BCUT2D eigenvalue weighted by atomic mass is 10.1. The molecule has 2 aromatic rings. The van der Waals surface area contributed by atoms with E-state index in [9.17, 15) is 18.3 Å². The molecule has 8 heteroatoms. The first-order chi connectivity index (χ1) is 13.7. The van der Waals surface area contributed by atoms with Gasteiger partial charge in [-0.3, -0.25) is 8.98 Å². The molecule has 1 N–H and O–H groups in total. The molecule has 0 aliphatic carbocycles. The molecule has 0 fully saturated rings. The van der Waals surface area contributed by atoms with Gasteiger partial charge < -0.3 is 14.6 Å². The van der Waals surface area contributed by atoms with E-state index >= 15 is 0 Å². The zero-order valence-electron chi connectivity index (χ0n) is 16.8. The standard InChI is InChI=1S/C21H26O7S/c1-15(2)10-11-20(23)28-21-18(22)8-5-9-19(21)26-12-13-27-29(24,25)17-7-4-6-16(3)14-17/h4-9,14-15,22H,10-13H2,1-3H3. The summed E-state index contributed by atoms with van der Waals surface area (Å²) in [6.07, 6.45) is 0.872. The molecule has 0 aliphatic rings. The van der Waals surface area contributed by atoms with E-state index in [1.165, 1.54) is 30.3 Å². The summed E-state index contributed by atoms with van der Waals surface area (Å²) in [7, 11) is -3.90. The van der Waals surface area contributed by atoms with Crippen LogP contribution in [0.5, 0.6) is 17.2 Å². The highest BCUT2D eigenvalue weighted by molar-refractivity contribution is 7.86. The number of carbonyl (C=O) groups is 1. The van der Waals surface area contributed by atoms with Crippen LogP contribution in [-0.2, 0) is 19.1 Å². The summed E-state index contributed by atoms with van der Waals surface area (Å²) in [4.78, 5) is 12.0. The van der Waals surface area contributed by atoms with E-state index in [0.717, 1.165) is 5.56 Å². The Kier molecular flexibility index (Phi) is 8.04. The molecule has 0 amide bonds. The van der Waals surface area contributed by atoms with Crippen molar-refractivity contribution in [1.29, 1.82) is 0 Å². The molecule has 158 valence electrons. The van der Waals surface area contributed by atoms with Crippen LogP contribution in [0.25, 0.3) is 0 Å². The number of aryl methyl sites for hydroxylation is 1. The first kappa shape index (κ1) is 22.7. The second-order valence-electron chi connectivity index (χ2n) is 6.95. The number of hydrogen-bond donors (Lipinski definition) is 1. The lowest BCUT2D eigenvalue weighted by Gasteiger charge is -2.13. The summed E-state index contributed by atoms with van der Waals surface area (Å²) in [5, 5.41) is 9.99. The van der Waals surface area contributed by atoms with E-state index in [4.69, 9.17) is 13.7 Å². The number of para-hydroxylation sites is 1. The monoisotopic (exact) mass is 422 g/mol. The van der Waals surface area contributed by atoms with Gasteiger partial charge in [0, 0.05) is 6.42 Å². The zero-order chi connectivity index (χ0) is 21.4. The predicted molar refractivity (Wildman–Crippen MR) is 108 cm³/mol. The number of ether oxygens (including phenoxy) is 2. The Hall–Kier alpha value is -2.58. The average molecular weight is 422 g/mol. The normalized spacial score (nSPS) is 11.4. The molecule has 29 heavy (non-hydrogen) atoms. The van der Waals surface area contributed by atoms with Crippen LogP contribution in [0.15, 0.2) is 47.4 Å². The average Bonchev–Trinajstić information content (AvgIpc) is 2.66. The molecule has 0 saturated carbocycles. The summed E-state index contributed by atoms with van der Waals surface area (Å²) < 4.78 is 40.1. The Labute approximate surface area is 171 Å². The molecule has 0 atom stereocenters. The fourth-order valence-electron chi connectivity index (χ4n) is 2.43. The van der Waals surface area contributed by atoms with E-state index in [0.29, 0.717) is 12.3 Å². The molecule has 7 nitrogen and oxygen atoms in total. The molecule has 2 aromatic carbocycles. The van der Waals surface area contributed by atoms with Gasteiger partial charge in [-0.15, -0.1) is 0 Å². The molecule has 2 rings (SSSR count). The molecule has 0 aromatic heterocycles. The number of esters is 1. The zero-order valence-corrected chi connectivity index (χ0v) is 17.6. The Morgan fingerprint density at radius 3 is 2.52 bits per heavy atom. The van der Waals surface area contributed by atoms with E-state index in [2.05, 4.69) is 0 Å². The molecule has 0 saturated heterocycles. The van der Waals surface area contributed by atoms with Crippen molar-refractivity contribution >= 4 is 16.1 Å². The number of hydrogen-bond acceptors (Lipinski definition) is 7. The van der Waals surface area contributed by atoms with Gasteiger partial charge in [0.15, 0.2) is 11.5 Å². The van der Waals surface area contributed by atoms with Crippen molar-refractivity contribution in [2.45, 2.75) is 38.5 Å². The van der Waals surface area contributed by atoms with Crippen LogP contribution >= 0.6 is 0 Å². The summed E-state index contributed by atoms with van der Waals surface area (Å²) in [5.74, 6) is -0.352. The van der Waals surface area contributed by atoms with Crippen LogP contribution in [0.2, 0.25) is 0 Å². The van der Waals surface area contributed by atoms with Gasteiger partial charge in [0.1, 0.15) is 13.2 Å². The van der Waals surface area contributed by atoms with E-state index in [1.54, 1.807) is 19.1 Å². The lowest BCUT2D eigenvalue weighted by molar-refractivity contribution is -0.134. The van der Waals surface area contributed by atoms with Crippen LogP contribution < -0.4 is 9.47 Å². The van der Waals surface area contributed by atoms with E-state index in [1.807, 2.05) is 13.8 Å². The molecule has 0 unspecified atom stereocenters. The fraction of sp³-hybridized carbons (Fsp3) is 0.381. The Morgan fingerprint density at radius 1 is 1.10 bits per heavy atom. The molecular formula is C21H26O7S. The Morgan fingerprint density at radius 2 is 1.83 bits per heavy atom. The number of aromatic hydroxyl groups is 1. The van der Waals surface area contributed by atoms with Gasteiger partial charge in [-0.2, -0.15) is 8.42 Å². The maximum atomic E-state index is 12.2.